The molecule has 2 saturated heterocycles. The fourth-order valence-corrected chi connectivity index (χ4v) is 3.37. The average molecular weight is 292 g/mol. The summed E-state index contributed by atoms with van der Waals surface area (Å²) in [6.07, 6.45) is 1.63. The minimum absolute atomic E-state index is 0.248. The summed E-state index contributed by atoms with van der Waals surface area (Å²) in [4.78, 5) is 15.0. The maximum atomic E-state index is 12.7. The van der Waals surface area contributed by atoms with E-state index < -0.39 is 24.6 Å². The van der Waals surface area contributed by atoms with Crippen molar-refractivity contribution in [1.29, 1.82) is 1.43 Å². The zero-order valence-corrected chi connectivity index (χ0v) is 12.2. The van der Waals surface area contributed by atoms with Crippen molar-refractivity contribution < 1.29 is 17.4 Å². The van der Waals surface area contributed by atoms with E-state index in [1.807, 2.05) is 0 Å². The van der Waals surface area contributed by atoms with Gasteiger partial charge in [-0.15, -0.1) is 0 Å². The number of rotatable bonds is 5. The summed E-state index contributed by atoms with van der Waals surface area (Å²) in [5.41, 5.74) is 0.404. The van der Waals surface area contributed by atoms with Gasteiger partial charge in [-0.2, -0.15) is 0 Å². The van der Waals surface area contributed by atoms with Gasteiger partial charge in [0.15, 0.2) is 0 Å². The molecule has 0 aromatic heterocycles. The standard InChI is InChI=1S/C17H23NO3/c1-18-13-7-8-14(18)10-15(9-13)21-17(20)16(11-19)12-5-3-2-4-6-12/h2-6,13-16,19H,7-11H2,1H3/t13-,14?,15?,16?/m1/s1/i15D,16D,19D. The molecule has 0 spiro atoms. The fraction of sp³-hybridized carbons (Fsp3) is 0.588. The first kappa shape index (κ1) is 11.2. The Labute approximate surface area is 130 Å². The normalized spacial score (nSPS) is 37.1. The highest BCUT2D eigenvalue weighted by Crippen LogP contribution is 2.36. The Bertz CT molecular complexity index is 586. The molecule has 4 heteroatoms. The van der Waals surface area contributed by atoms with E-state index in [1.54, 1.807) is 30.3 Å². The minimum atomic E-state index is -1.83. The van der Waals surface area contributed by atoms with Crippen LogP contribution in [0.5, 0.6) is 0 Å². The highest BCUT2D eigenvalue weighted by atomic mass is 16.5. The number of benzene rings is 1. The second kappa shape index (κ2) is 6.16. The zero-order chi connectivity index (χ0) is 17.4. The van der Waals surface area contributed by atoms with Gasteiger partial charge in [0, 0.05) is 13.5 Å². The summed E-state index contributed by atoms with van der Waals surface area (Å²) in [5, 5.41) is 4.37. The average Bonchev–Trinajstić information content (AvgIpc) is 2.78. The molecule has 2 fully saturated rings. The summed E-state index contributed by atoms with van der Waals surface area (Å²) in [7, 11) is 2.05. The summed E-state index contributed by atoms with van der Waals surface area (Å²) < 4.78 is 29.6. The van der Waals surface area contributed by atoms with Gasteiger partial charge < -0.3 is 14.7 Å². The molecule has 2 aliphatic heterocycles. The van der Waals surface area contributed by atoms with E-state index in [2.05, 4.69) is 17.1 Å². The number of aliphatic hydroxyl groups is 1. The largest absolute Gasteiger partial charge is 0.462 e. The van der Waals surface area contributed by atoms with Gasteiger partial charge in [0.2, 0.25) is 1.43 Å². The number of aliphatic hydroxyl groups excluding tert-OH is 1. The van der Waals surface area contributed by atoms with Crippen LogP contribution in [0.2, 0.25) is 0 Å². The van der Waals surface area contributed by atoms with Crippen molar-refractivity contribution >= 4 is 5.97 Å². The Kier molecular flexibility index (Phi) is 3.29. The van der Waals surface area contributed by atoms with Crippen LogP contribution in [0.15, 0.2) is 30.3 Å². The number of hydrogen-bond acceptors (Lipinski definition) is 4. The molecular weight excluding hydrogens is 266 g/mol. The van der Waals surface area contributed by atoms with Crippen molar-refractivity contribution in [2.24, 2.45) is 0 Å². The third-order valence-corrected chi connectivity index (χ3v) is 4.66. The fourth-order valence-electron chi connectivity index (χ4n) is 3.37. The Morgan fingerprint density at radius 3 is 2.76 bits per heavy atom. The lowest BCUT2D eigenvalue weighted by atomic mass is 9.98. The molecule has 1 aromatic rings. The number of carbonyl (C=O) groups excluding carboxylic acids is 1. The van der Waals surface area contributed by atoms with Crippen LogP contribution in [-0.2, 0) is 9.53 Å². The first-order valence-electron chi connectivity index (χ1n) is 8.88. The van der Waals surface area contributed by atoms with Crippen molar-refractivity contribution in [3.8, 4) is 0 Å². The Morgan fingerprint density at radius 2 is 2.14 bits per heavy atom. The molecule has 21 heavy (non-hydrogen) atoms. The molecule has 2 heterocycles. The van der Waals surface area contributed by atoms with Gasteiger partial charge in [-0.25, -0.2) is 0 Å². The number of ether oxygens (including phenoxy) is 1. The first-order valence-corrected chi connectivity index (χ1v) is 7.47. The number of esters is 1. The van der Waals surface area contributed by atoms with E-state index in [-0.39, 0.29) is 12.1 Å². The molecular formula is C17H23NO3. The highest BCUT2D eigenvalue weighted by Gasteiger charge is 2.40. The number of piperidine rings is 1. The summed E-state index contributed by atoms with van der Waals surface area (Å²) in [6.45, 7) is -0.432. The molecule has 3 unspecified atom stereocenters. The van der Waals surface area contributed by atoms with Crippen LogP contribution >= 0.6 is 0 Å². The molecule has 2 bridgehead atoms. The Hall–Kier alpha value is -1.39. The van der Waals surface area contributed by atoms with Gasteiger partial charge in [-0.1, -0.05) is 30.3 Å². The van der Waals surface area contributed by atoms with Crippen LogP contribution in [0.25, 0.3) is 0 Å². The monoisotopic (exact) mass is 292 g/mol. The lowest BCUT2D eigenvalue weighted by Gasteiger charge is -2.36. The van der Waals surface area contributed by atoms with Gasteiger partial charge in [-0.05, 0) is 38.3 Å². The molecule has 3 rings (SSSR count). The number of carbonyl (C=O) groups is 1. The van der Waals surface area contributed by atoms with Crippen LogP contribution in [0.4, 0.5) is 0 Å². The zero-order valence-electron chi connectivity index (χ0n) is 15.2. The quantitative estimate of drug-likeness (QED) is 0.843. The lowest BCUT2D eigenvalue weighted by molar-refractivity contribution is -0.155. The van der Waals surface area contributed by atoms with Crippen molar-refractivity contribution in [3.05, 3.63) is 35.9 Å². The molecule has 4 atom stereocenters. The second-order valence-corrected chi connectivity index (χ2v) is 5.88. The molecule has 1 aromatic carbocycles. The predicted octanol–water partition coefficient (Wildman–Crippen LogP) is 1.93. The van der Waals surface area contributed by atoms with E-state index in [9.17, 15) is 4.79 Å². The van der Waals surface area contributed by atoms with Crippen LogP contribution in [-0.4, -0.2) is 49.2 Å². The highest BCUT2D eigenvalue weighted by molar-refractivity contribution is 5.78. The summed E-state index contributed by atoms with van der Waals surface area (Å²) in [6, 6.07) is 9.02. The van der Waals surface area contributed by atoms with Gasteiger partial charge in [0.05, 0.1) is 7.98 Å². The van der Waals surface area contributed by atoms with Gasteiger partial charge in [0.25, 0.3) is 0 Å². The maximum absolute atomic E-state index is 12.7. The van der Waals surface area contributed by atoms with Crippen LogP contribution in [0, 0.1) is 0 Å². The molecule has 0 aliphatic carbocycles. The molecule has 0 radical (unpaired) electrons. The Balaban J connectivity index is 1.79. The van der Waals surface area contributed by atoms with Gasteiger partial charge in [-0.3, -0.25) is 4.79 Å². The van der Waals surface area contributed by atoms with Crippen molar-refractivity contribution in [2.75, 3.05) is 13.7 Å². The van der Waals surface area contributed by atoms with Crippen molar-refractivity contribution in [2.45, 2.75) is 49.7 Å². The van der Waals surface area contributed by atoms with Crippen LogP contribution in [0.1, 0.15) is 39.9 Å². The molecule has 2 aliphatic rings. The van der Waals surface area contributed by atoms with Crippen LogP contribution in [0.3, 0.4) is 0 Å². The second-order valence-electron chi connectivity index (χ2n) is 5.88. The molecule has 1 N–H and O–H groups in total. The summed E-state index contributed by atoms with van der Waals surface area (Å²) >= 11 is 0. The molecule has 4 nitrogen and oxygen atoms in total. The molecule has 0 saturated carbocycles. The van der Waals surface area contributed by atoms with E-state index in [1.165, 1.54) is 0 Å². The predicted molar refractivity (Wildman–Crippen MR) is 80.0 cm³/mol. The van der Waals surface area contributed by atoms with E-state index in [0.29, 0.717) is 18.4 Å². The first-order chi connectivity index (χ1) is 11.4. The maximum Gasteiger partial charge on any atom is 0.316 e. The smallest absolute Gasteiger partial charge is 0.316 e. The van der Waals surface area contributed by atoms with E-state index >= 15 is 0 Å². The molecule has 0 amide bonds. The minimum Gasteiger partial charge on any atom is -0.462 e. The number of hydrogen-bond donors (Lipinski definition) is 1. The summed E-state index contributed by atoms with van der Waals surface area (Å²) in [5.74, 6) is -2.65. The lowest BCUT2D eigenvalue weighted by Crippen LogP contribution is -2.43. The van der Waals surface area contributed by atoms with Gasteiger partial charge in [0.1, 0.15) is 12.0 Å². The van der Waals surface area contributed by atoms with E-state index in [0.717, 1.165) is 12.8 Å². The van der Waals surface area contributed by atoms with Gasteiger partial charge >= 0.3 is 5.97 Å². The SMILES string of the molecule is [2H]OCC([2H])(C(=O)OC1([2H])CC2CC[C@H](C1)N2C)c1ccccc1. The molecule has 114 valence electrons. The number of fused-ring (bicyclic) bond motifs is 2. The van der Waals surface area contributed by atoms with Crippen molar-refractivity contribution in [3.63, 3.8) is 0 Å². The van der Waals surface area contributed by atoms with E-state index in [4.69, 9.17) is 8.91 Å². The number of nitrogens with zero attached hydrogens (tertiary/aromatic N) is 1. The third kappa shape index (κ3) is 2.97. The van der Waals surface area contributed by atoms with Crippen LogP contribution < -0.4 is 0 Å². The topological polar surface area (TPSA) is 49.8 Å². The Morgan fingerprint density at radius 1 is 1.48 bits per heavy atom. The third-order valence-electron chi connectivity index (χ3n) is 4.66. The van der Waals surface area contributed by atoms with Crippen molar-refractivity contribution in [1.82, 2.24) is 4.90 Å².